The number of aromatic nitrogens is 1. The molecule has 0 unspecified atom stereocenters. The Kier molecular flexibility index (Phi) is 3.59. The molecule has 1 aliphatic rings. The monoisotopic (exact) mass is 141 g/mol. The highest BCUT2D eigenvalue weighted by atomic mass is 16.3. The van der Waals surface area contributed by atoms with Crippen molar-refractivity contribution >= 4 is 0 Å². The fraction of sp³-hybridized carbons (Fsp3) is 0.500. The molecule has 0 aromatic carbocycles. The van der Waals surface area contributed by atoms with E-state index in [1.807, 2.05) is 0 Å². The predicted octanol–water partition coefficient (Wildman–Crippen LogP) is 0.159. The second-order valence-corrected chi connectivity index (χ2v) is 1.88. The maximum absolute atomic E-state index is 4.47. The third kappa shape index (κ3) is 3.21. The van der Waals surface area contributed by atoms with Crippen LogP contribution in [0.2, 0.25) is 0 Å². The Bertz CT molecular complexity index is 112. The van der Waals surface area contributed by atoms with Crippen LogP contribution in [0.3, 0.4) is 0 Å². The van der Waals surface area contributed by atoms with Gasteiger partial charge in [0.25, 0.3) is 0 Å². The SMILES string of the molecule is C1CNNC1.c1cocn1. The molecule has 4 heteroatoms. The number of hydrazine groups is 1. The molecule has 0 amide bonds. The van der Waals surface area contributed by atoms with E-state index in [9.17, 15) is 0 Å². The van der Waals surface area contributed by atoms with Gasteiger partial charge in [0.15, 0.2) is 6.39 Å². The van der Waals surface area contributed by atoms with E-state index in [1.54, 1.807) is 6.20 Å². The summed E-state index contributed by atoms with van der Waals surface area (Å²) in [5, 5.41) is 0. The van der Waals surface area contributed by atoms with Gasteiger partial charge in [-0.1, -0.05) is 0 Å². The lowest BCUT2D eigenvalue weighted by Gasteiger charge is -1.81. The van der Waals surface area contributed by atoms with Crippen LogP contribution in [0, 0.1) is 0 Å². The zero-order valence-corrected chi connectivity index (χ0v) is 5.71. The molecule has 1 aliphatic heterocycles. The summed E-state index contributed by atoms with van der Waals surface area (Å²) in [5.41, 5.74) is 5.94. The molecule has 0 radical (unpaired) electrons. The van der Waals surface area contributed by atoms with Crippen molar-refractivity contribution in [1.29, 1.82) is 0 Å². The molecule has 2 rings (SSSR count). The van der Waals surface area contributed by atoms with Gasteiger partial charge in [-0.05, 0) is 6.42 Å². The molecule has 0 atom stereocenters. The van der Waals surface area contributed by atoms with Gasteiger partial charge in [0.05, 0.1) is 6.20 Å². The Morgan fingerprint density at radius 3 is 2.30 bits per heavy atom. The van der Waals surface area contributed by atoms with Crippen molar-refractivity contribution in [2.24, 2.45) is 0 Å². The molecule has 1 aromatic heterocycles. The number of nitrogens with zero attached hydrogens (tertiary/aromatic N) is 1. The van der Waals surface area contributed by atoms with E-state index in [4.69, 9.17) is 0 Å². The van der Waals surface area contributed by atoms with Crippen molar-refractivity contribution in [2.45, 2.75) is 6.42 Å². The normalized spacial score (nSPS) is 16.0. The van der Waals surface area contributed by atoms with Crippen LogP contribution < -0.4 is 10.9 Å². The van der Waals surface area contributed by atoms with E-state index >= 15 is 0 Å². The molecule has 1 fully saturated rings. The van der Waals surface area contributed by atoms with Crippen LogP contribution in [-0.2, 0) is 0 Å². The third-order valence-corrected chi connectivity index (χ3v) is 1.08. The van der Waals surface area contributed by atoms with E-state index in [0.29, 0.717) is 0 Å². The van der Waals surface area contributed by atoms with Gasteiger partial charge in [0.1, 0.15) is 6.26 Å². The molecule has 0 saturated carbocycles. The van der Waals surface area contributed by atoms with E-state index in [0.717, 1.165) is 13.1 Å². The molecule has 1 saturated heterocycles. The van der Waals surface area contributed by atoms with Gasteiger partial charge < -0.3 is 4.42 Å². The zero-order valence-electron chi connectivity index (χ0n) is 5.71. The summed E-state index contributed by atoms with van der Waals surface area (Å²) in [6.45, 7) is 2.28. The largest absolute Gasteiger partial charge is 0.452 e. The molecule has 2 N–H and O–H groups in total. The predicted molar refractivity (Wildman–Crippen MR) is 37.1 cm³/mol. The molecular weight excluding hydrogens is 130 g/mol. The van der Waals surface area contributed by atoms with Crippen LogP contribution in [0.15, 0.2) is 23.3 Å². The summed E-state index contributed by atoms with van der Waals surface area (Å²) in [6.07, 6.45) is 5.75. The van der Waals surface area contributed by atoms with Crippen molar-refractivity contribution < 1.29 is 4.42 Å². The molecule has 2 heterocycles. The van der Waals surface area contributed by atoms with E-state index in [1.165, 1.54) is 19.1 Å². The van der Waals surface area contributed by atoms with Gasteiger partial charge in [0, 0.05) is 13.1 Å². The first-order valence-corrected chi connectivity index (χ1v) is 3.28. The maximum Gasteiger partial charge on any atom is 0.180 e. The molecule has 4 nitrogen and oxygen atoms in total. The molecule has 0 spiro atoms. The van der Waals surface area contributed by atoms with Crippen LogP contribution in [0.1, 0.15) is 6.42 Å². The average Bonchev–Trinajstić information content (AvgIpc) is 2.67. The Hall–Kier alpha value is -0.870. The number of nitrogens with one attached hydrogen (secondary N) is 2. The highest BCUT2D eigenvalue weighted by Gasteiger charge is 1.91. The first-order valence-electron chi connectivity index (χ1n) is 3.28. The first-order chi connectivity index (χ1) is 5.00. The van der Waals surface area contributed by atoms with Crippen molar-refractivity contribution in [3.05, 3.63) is 18.9 Å². The van der Waals surface area contributed by atoms with Gasteiger partial charge in [-0.25, -0.2) is 4.98 Å². The second kappa shape index (κ2) is 4.96. The fourth-order valence-electron chi connectivity index (χ4n) is 0.618. The minimum atomic E-state index is 1.14. The lowest BCUT2D eigenvalue weighted by molar-refractivity contribution is 0.558. The van der Waals surface area contributed by atoms with Gasteiger partial charge in [-0.2, -0.15) is 0 Å². The van der Waals surface area contributed by atoms with Crippen molar-refractivity contribution in [1.82, 2.24) is 15.8 Å². The average molecular weight is 141 g/mol. The first kappa shape index (κ1) is 7.24. The van der Waals surface area contributed by atoms with E-state index in [-0.39, 0.29) is 0 Å². The molecular formula is C6H11N3O. The second-order valence-electron chi connectivity index (χ2n) is 1.88. The van der Waals surface area contributed by atoms with E-state index in [2.05, 4.69) is 20.3 Å². The van der Waals surface area contributed by atoms with Crippen LogP contribution in [0.4, 0.5) is 0 Å². The Morgan fingerprint density at radius 1 is 1.30 bits per heavy atom. The zero-order chi connectivity index (χ0) is 7.07. The molecule has 0 bridgehead atoms. The smallest absolute Gasteiger partial charge is 0.180 e. The topological polar surface area (TPSA) is 50.1 Å². The standard InChI is InChI=1S/C3H8N2.C3H3NO/c1-2-4-5-3-1;1-2-5-3-4-1/h4-5H,1-3H2;1-3H. The molecule has 56 valence electrons. The Labute approximate surface area is 59.6 Å². The van der Waals surface area contributed by atoms with Crippen LogP contribution >= 0.6 is 0 Å². The summed E-state index contributed by atoms with van der Waals surface area (Å²) in [6, 6.07) is 0. The molecule has 1 aromatic rings. The summed E-state index contributed by atoms with van der Waals surface area (Å²) < 4.78 is 4.47. The maximum atomic E-state index is 4.47. The van der Waals surface area contributed by atoms with Gasteiger partial charge >= 0.3 is 0 Å². The quantitative estimate of drug-likeness (QED) is 0.540. The Balaban J connectivity index is 0.0000001000. The lowest BCUT2D eigenvalue weighted by atomic mass is 10.5. The summed E-state index contributed by atoms with van der Waals surface area (Å²) in [4.78, 5) is 3.56. The molecule has 10 heavy (non-hydrogen) atoms. The van der Waals surface area contributed by atoms with Crippen LogP contribution in [0.5, 0.6) is 0 Å². The van der Waals surface area contributed by atoms with Crippen molar-refractivity contribution in [3.8, 4) is 0 Å². The summed E-state index contributed by atoms with van der Waals surface area (Å²) in [5.74, 6) is 0. The van der Waals surface area contributed by atoms with E-state index < -0.39 is 0 Å². The highest BCUT2D eigenvalue weighted by molar-refractivity contribution is 4.56. The van der Waals surface area contributed by atoms with Gasteiger partial charge in [-0.3, -0.25) is 10.9 Å². The lowest BCUT2D eigenvalue weighted by Crippen LogP contribution is -2.21. The van der Waals surface area contributed by atoms with Gasteiger partial charge in [-0.15, -0.1) is 0 Å². The number of hydrogen-bond donors (Lipinski definition) is 2. The van der Waals surface area contributed by atoms with Crippen molar-refractivity contribution in [3.63, 3.8) is 0 Å². The number of hydrogen-bond acceptors (Lipinski definition) is 4. The highest BCUT2D eigenvalue weighted by Crippen LogP contribution is 1.74. The fourth-order valence-corrected chi connectivity index (χ4v) is 0.618. The number of oxazole rings is 1. The minimum Gasteiger partial charge on any atom is -0.452 e. The molecule has 0 aliphatic carbocycles. The van der Waals surface area contributed by atoms with Crippen LogP contribution in [-0.4, -0.2) is 18.1 Å². The Morgan fingerprint density at radius 2 is 2.10 bits per heavy atom. The third-order valence-electron chi connectivity index (χ3n) is 1.08. The summed E-state index contributed by atoms with van der Waals surface area (Å²) >= 11 is 0. The van der Waals surface area contributed by atoms with Gasteiger partial charge in [0.2, 0.25) is 0 Å². The van der Waals surface area contributed by atoms with Crippen molar-refractivity contribution in [2.75, 3.05) is 13.1 Å². The van der Waals surface area contributed by atoms with Crippen LogP contribution in [0.25, 0.3) is 0 Å². The minimum absolute atomic E-state index is 1.14. The number of rotatable bonds is 0. The summed E-state index contributed by atoms with van der Waals surface area (Å²) in [7, 11) is 0.